The van der Waals surface area contributed by atoms with E-state index in [2.05, 4.69) is 15.1 Å². The molecule has 0 aliphatic carbocycles. The van der Waals surface area contributed by atoms with E-state index in [9.17, 15) is 18.0 Å². The number of nitrogens with one attached hydrogen (secondary N) is 2. The maximum atomic E-state index is 12.5. The Morgan fingerprint density at radius 3 is 2.36 bits per heavy atom. The molecular formula is C15H26N4O5S. The van der Waals surface area contributed by atoms with Crippen LogP contribution in [0.1, 0.15) is 44.5 Å². The van der Waals surface area contributed by atoms with Gasteiger partial charge in [0.1, 0.15) is 10.9 Å². The van der Waals surface area contributed by atoms with Crippen LogP contribution in [-0.2, 0) is 26.7 Å². The molecule has 9 nitrogen and oxygen atoms in total. The van der Waals surface area contributed by atoms with Gasteiger partial charge in [-0.05, 0) is 27.2 Å². The molecule has 1 heterocycles. The Bertz CT molecular complexity index is 741. The van der Waals surface area contributed by atoms with Crippen LogP contribution in [0.2, 0.25) is 0 Å². The van der Waals surface area contributed by atoms with Gasteiger partial charge in [0.2, 0.25) is 15.9 Å². The number of hydrogen-bond acceptors (Lipinski definition) is 5. The van der Waals surface area contributed by atoms with Crippen molar-refractivity contribution >= 4 is 21.9 Å². The molecule has 0 aliphatic heterocycles. The van der Waals surface area contributed by atoms with Gasteiger partial charge in [-0.1, -0.05) is 19.8 Å². The number of aliphatic carboxylic acids is 1. The van der Waals surface area contributed by atoms with Crippen molar-refractivity contribution in [1.29, 1.82) is 0 Å². The minimum absolute atomic E-state index is 0.0235. The smallest absolute Gasteiger partial charge is 0.326 e. The highest BCUT2D eigenvalue weighted by molar-refractivity contribution is 7.89. The zero-order chi connectivity index (χ0) is 19.4. The van der Waals surface area contributed by atoms with Crippen molar-refractivity contribution < 1.29 is 23.1 Å². The second kappa shape index (κ2) is 8.43. The van der Waals surface area contributed by atoms with Crippen molar-refractivity contribution in [3.8, 4) is 0 Å². The van der Waals surface area contributed by atoms with Gasteiger partial charge in [-0.2, -0.15) is 9.82 Å². The maximum Gasteiger partial charge on any atom is 0.326 e. The molecule has 0 bridgehead atoms. The predicted octanol–water partition coefficient (Wildman–Crippen LogP) is 0.463. The van der Waals surface area contributed by atoms with E-state index >= 15 is 0 Å². The van der Waals surface area contributed by atoms with Crippen LogP contribution >= 0.6 is 0 Å². The average molecular weight is 374 g/mol. The number of nitrogens with zero attached hydrogens (tertiary/aromatic N) is 2. The summed E-state index contributed by atoms with van der Waals surface area (Å²) in [5.74, 6) is -1.83. The standard InChI is InChI=1S/C15H26N4O5S/c1-6-7-8-12(15(21)22)16-14(20)10(3)18-25(23,24)13-9(2)17-19(5)11(13)4/h10,12,18H,6-8H2,1-5H3,(H,16,20)(H,21,22). The molecule has 1 aromatic rings. The maximum absolute atomic E-state index is 12.5. The molecule has 142 valence electrons. The Kier molecular flexibility index (Phi) is 7.12. The van der Waals surface area contributed by atoms with Gasteiger partial charge < -0.3 is 10.4 Å². The van der Waals surface area contributed by atoms with E-state index < -0.39 is 34.0 Å². The number of carboxylic acids is 1. The van der Waals surface area contributed by atoms with Crippen LogP contribution in [0.5, 0.6) is 0 Å². The Labute approximate surface area is 147 Å². The summed E-state index contributed by atoms with van der Waals surface area (Å²) >= 11 is 0. The van der Waals surface area contributed by atoms with Gasteiger partial charge in [0.15, 0.2) is 0 Å². The van der Waals surface area contributed by atoms with Crippen molar-refractivity contribution in [3.05, 3.63) is 11.4 Å². The first-order chi connectivity index (χ1) is 11.5. The second-order valence-electron chi connectivity index (χ2n) is 6.01. The van der Waals surface area contributed by atoms with E-state index in [1.165, 1.54) is 11.6 Å². The summed E-state index contributed by atoms with van der Waals surface area (Å²) in [7, 11) is -2.33. The van der Waals surface area contributed by atoms with Crippen LogP contribution in [0, 0.1) is 13.8 Å². The first-order valence-electron chi connectivity index (χ1n) is 8.07. The largest absolute Gasteiger partial charge is 0.480 e. The topological polar surface area (TPSA) is 130 Å². The summed E-state index contributed by atoms with van der Waals surface area (Å²) in [4.78, 5) is 23.4. The molecule has 10 heteroatoms. The van der Waals surface area contributed by atoms with Gasteiger partial charge in [0.05, 0.1) is 17.4 Å². The third-order valence-electron chi connectivity index (χ3n) is 3.90. The van der Waals surface area contributed by atoms with Crippen LogP contribution in [0.4, 0.5) is 0 Å². The van der Waals surface area contributed by atoms with Gasteiger partial charge >= 0.3 is 5.97 Å². The highest BCUT2D eigenvalue weighted by Crippen LogP contribution is 2.18. The summed E-state index contributed by atoms with van der Waals surface area (Å²) in [6, 6.07) is -2.16. The van der Waals surface area contributed by atoms with Gasteiger partial charge in [0.25, 0.3) is 0 Å². The van der Waals surface area contributed by atoms with Crippen molar-refractivity contribution in [2.75, 3.05) is 0 Å². The highest BCUT2D eigenvalue weighted by atomic mass is 32.2. The fraction of sp³-hybridized carbons (Fsp3) is 0.667. The van der Waals surface area contributed by atoms with E-state index in [0.717, 1.165) is 6.42 Å². The van der Waals surface area contributed by atoms with Crippen LogP contribution < -0.4 is 10.0 Å². The second-order valence-corrected chi connectivity index (χ2v) is 7.66. The fourth-order valence-corrected chi connectivity index (χ4v) is 4.09. The normalized spacial score (nSPS) is 14.1. The first kappa shape index (κ1) is 21.1. The number of amides is 1. The molecule has 0 radical (unpaired) electrons. The summed E-state index contributed by atoms with van der Waals surface area (Å²) in [5, 5.41) is 15.6. The lowest BCUT2D eigenvalue weighted by Gasteiger charge is -2.18. The van der Waals surface area contributed by atoms with Crippen molar-refractivity contribution in [3.63, 3.8) is 0 Å². The van der Waals surface area contributed by atoms with Crippen LogP contribution in [0.15, 0.2) is 4.90 Å². The molecule has 1 rings (SSSR count). The third kappa shape index (κ3) is 5.27. The molecule has 25 heavy (non-hydrogen) atoms. The summed E-state index contributed by atoms with van der Waals surface area (Å²) < 4.78 is 28.8. The minimum Gasteiger partial charge on any atom is -0.480 e. The lowest BCUT2D eigenvalue weighted by Crippen LogP contribution is -2.50. The van der Waals surface area contributed by atoms with Crippen LogP contribution in [0.3, 0.4) is 0 Å². The zero-order valence-corrected chi connectivity index (χ0v) is 16.0. The van der Waals surface area contributed by atoms with Crippen molar-refractivity contribution in [1.82, 2.24) is 19.8 Å². The number of sulfonamides is 1. The van der Waals surface area contributed by atoms with Gasteiger partial charge in [0, 0.05) is 7.05 Å². The minimum atomic E-state index is -3.96. The molecule has 0 spiro atoms. The molecule has 1 aromatic heterocycles. The lowest BCUT2D eigenvalue weighted by atomic mass is 10.1. The highest BCUT2D eigenvalue weighted by Gasteiger charge is 2.29. The number of carboxylic acid groups (broad SMARTS) is 1. The van der Waals surface area contributed by atoms with Crippen molar-refractivity contribution in [2.24, 2.45) is 7.05 Å². The van der Waals surface area contributed by atoms with E-state index in [1.807, 2.05) is 6.92 Å². The molecule has 0 saturated heterocycles. The molecule has 1 amide bonds. The van der Waals surface area contributed by atoms with Gasteiger partial charge in [-0.15, -0.1) is 0 Å². The first-order valence-corrected chi connectivity index (χ1v) is 9.55. The lowest BCUT2D eigenvalue weighted by molar-refractivity contribution is -0.142. The molecule has 0 saturated carbocycles. The number of hydrogen-bond donors (Lipinski definition) is 3. The molecule has 0 aliphatic rings. The number of carbonyl (C=O) groups excluding carboxylic acids is 1. The van der Waals surface area contributed by atoms with Crippen molar-refractivity contribution in [2.45, 2.75) is 63.9 Å². The molecule has 2 unspecified atom stereocenters. The number of unbranched alkanes of at least 4 members (excludes halogenated alkanes) is 1. The molecule has 3 N–H and O–H groups in total. The molecule has 2 atom stereocenters. The summed E-state index contributed by atoms with van der Waals surface area (Å²) in [6.45, 7) is 6.46. The SMILES string of the molecule is CCCCC(NC(=O)C(C)NS(=O)(=O)c1c(C)nn(C)c1C)C(=O)O. The zero-order valence-electron chi connectivity index (χ0n) is 15.2. The van der Waals surface area contributed by atoms with E-state index in [0.29, 0.717) is 17.8 Å². The number of rotatable bonds is 9. The number of aryl methyl sites for hydroxylation is 2. The quantitative estimate of drug-likeness (QED) is 0.576. The molecule has 0 fully saturated rings. The van der Waals surface area contributed by atoms with Crippen LogP contribution in [-0.4, -0.2) is 47.3 Å². The number of aromatic nitrogens is 2. The van der Waals surface area contributed by atoms with E-state index in [4.69, 9.17) is 5.11 Å². The van der Waals surface area contributed by atoms with E-state index in [1.54, 1.807) is 20.9 Å². The molecule has 0 aromatic carbocycles. The predicted molar refractivity (Wildman–Crippen MR) is 91.6 cm³/mol. The summed E-state index contributed by atoms with van der Waals surface area (Å²) in [6.07, 6.45) is 1.73. The van der Waals surface area contributed by atoms with Crippen LogP contribution in [0.25, 0.3) is 0 Å². The Morgan fingerprint density at radius 1 is 1.32 bits per heavy atom. The Morgan fingerprint density at radius 2 is 1.92 bits per heavy atom. The average Bonchev–Trinajstić information content (AvgIpc) is 2.75. The molecular weight excluding hydrogens is 348 g/mol. The van der Waals surface area contributed by atoms with Gasteiger partial charge in [-0.3, -0.25) is 9.48 Å². The van der Waals surface area contributed by atoms with E-state index in [-0.39, 0.29) is 11.3 Å². The Balaban J connectivity index is 2.87. The summed E-state index contributed by atoms with van der Waals surface area (Å²) in [5.41, 5.74) is 0.774. The third-order valence-corrected chi connectivity index (χ3v) is 5.69. The monoisotopic (exact) mass is 374 g/mol. The Hall–Kier alpha value is -1.94. The number of carbonyl (C=O) groups is 2. The van der Waals surface area contributed by atoms with Gasteiger partial charge in [-0.25, -0.2) is 13.2 Å². The fourth-order valence-electron chi connectivity index (χ4n) is 2.45.